The van der Waals surface area contributed by atoms with Crippen molar-refractivity contribution in [3.8, 4) is 5.75 Å². The maximum atomic E-state index is 13.3. The van der Waals surface area contributed by atoms with E-state index in [9.17, 15) is 14.5 Å². The highest BCUT2D eigenvalue weighted by Crippen LogP contribution is 2.18. The van der Waals surface area contributed by atoms with Crippen LogP contribution in [0.25, 0.3) is 0 Å². The number of nitrogens with zero attached hydrogens (tertiary/aromatic N) is 1. The van der Waals surface area contributed by atoms with Crippen molar-refractivity contribution < 1.29 is 14.1 Å². The fraction of sp³-hybridized carbons (Fsp3) is 0.0769. The molecule has 0 spiro atoms. The van der Waals surface area contributed by atoms with Crippen LogP contribution in [-0.2, 0) is 6.61 Å². The Balaban J connectivity index is 2.02. The lowest BCUT2D eigenvalue weighted by Crippen LogP contribution is -1.98. The van der Waals surface area contributed by atoms with Gasteiger partial charge in [0.25, 0.3) is 5.69 Å². The number of nitro groups is 1. The van der Waals surface area contributed by atoms with Gasteiger partial charge in [-0.25, -0.2) is 4.39 Å². The summed E-state index contributed by atoms with van der Waals surface area (Å²) in [5, 5.41) is 10.5. The maximum Gasteiger partial charge on any atom is 0.269 e. The van der Waals surface area contributed by atoms with Crippen LogP contribution in [0.5, 0.6) is 5.75 Å². The third-order valence-electron chi connectivity index (χ3n) is 2.40. The number of halogens is 1. The maximum absolute atomic E-state index is 13.3. The molecule has 0 fully saturated rings. The second kappa shape index (κ2) is 5.27. The highest BCUT2D eigenvalue weighted by atomic mass is 19.1. The van der Waals surface area contributed by atoms with Crippen LogP contribution in [0.4, 0.5) is 10.1 Å². The van der Waals surface area contributed by atoms with E-state index in [0.29, 0.717) is 11.3 Å². The first-order chi connectivity index (χ1) is 8.66. The van der Waals surface area contributed by atoms with Crippen LogP contribution in [0.2, 0.25) is 0 Å². The molecule has 0 heterocycles. The minimum Gasteiger partial charge on any atom is -0.489 e. The number of rotatable bonds is 4. The molecule has 5 heteroatoms. The average Bonchev–Trinajstić information content (AvgIpc) is 2.38. The smallest absolute Gasteiger partial charge is 0.269 e. The summed E-state index contributed by atoms with van der Waals surface area (Å²) in [6, 6.07) is 12.0. The summed E-state index contributed by atoms with van der Waals surface area (Å²) in [5.41, 5.74) is 0.434. The van der Waals surface area contributed by atoms with E-state index in [1.807, 2.05) is 0 Å². The fourth-order valence-electron chi connectivity index (χ4n) is 1.44. The number of benzene rings is 2. The summed E-state index contributed by atoms with van der Waals surface area (Å²) in [4.78, 5) is 9.97. The van der Waals surface area contributed by atoms with Crippen LogP contribution < -0.4 is 4.74 Å². The Labute approximate surface area is 103 Å². The molecule has 0 aliphatic rings. The van der Waals surface area contributed by atoms with Crippen LogP contribution in [0.15, 0.2) is 48.5 Å². The molecule has 2 aromatic carbocycles. The summed E-state index contributed by atoms with van der Waals surface area (Å²) < 4.78 is 18.6. The van der Waals surface area contributed by atoms with Crippen molar-refractivity contribution in [2.45, 2.75) is 6.61 Å². The van der Waals surface area contributed by atoms with Gasteiger partial charge in [0.05, 0.1) is 4.92 Å². The van der Waals surface area contributed by atoms with Gasteiger partial charge in [-0.05, 0) is 18.2 Å². The van der Waals surface area contributed by atoms with E-state index in [0.717, 1.165) is 0 Å². The Kier molecular flexibility index (Phi) is 3.52. The molecule has 2 aromatic rings. The van der Waals surface area contributed by atoms with Gasteiger partial charge < -0.3 is 4.74 Å². The number of ether oxygens (including phenoxy) is 1. The van der Waals surface area contributed by atoms with Crippen LogP contribution in [0, 0.1) is 15.9 Å². The predicted molar refractivity (Wildman–Crippen MR) is 63.8 cm³/mol. The van der Waals surface area contributed by atoms with Gasteiger partial charge in [-0.3, -0.25) is 10.1 Å². The molecule has 0 unspecified atom stereocenters. The molecule has 0 N–H and O–H groups in total. The first-order valence-corrected chi connectivity index (χ1v) is 5.27. The van der Waals surface area contributed by atoms with Crippen LogP contribution in [-0.4, -0.2) is 4.92 Å². The Morgan fingerprint density at radius 1 is 1.11 bits per heavy atom. The van der Waals surface area contributed by atoms with Crippen LogP contribution >= 0.6 is 0 Å². The highest BCUT2D eigenvalue weighted by molar-refractivity contribution is 5.36. The number of nitro benzene ring substituents is 1. The van der Waals surface area contributed by atoms with Gasteiger partial charge in [-0.2, -0.15) is 0 Å². The van der Waals surface area contributed by atoms with Gasteiger partial charge >= 0.3 is 0 Å². The molecule has 2 rings (SSSR count). The lowest BCUT2D eigenvalue weighted by molar-refractivity contribution is -0.384. The molecule has 0 saturated heterocycles. The molecule has 4 nitrogen and oxygen atoms in total. The Morgan fingerprint density at radius 2 is 1.78 bits per heavy atom. The van der Waals surface area contributed by atoms with Crippen LogP contribution in [0.1, 0.15) is 5.56 Å². The van der Waals surface area contributed by atoms with E-state index in [4.69, 9.17) is 4.74 Å². The van der Waals surface area contributed by atoms with Gasteiger partial charge in [-0.1, -0.05) is 18.2 Å². The summed E-state index contributed by atoms with van der Waals surface area (Å²) in [6.07, 6.45) is 0. The second-order valence-corrected chi connectivity index (χ2v) is 3.63. The molecule has 0 aliphatic heterocycles. The molecular weight excluding hydrogens is 237 g/mol. The van der Waals surface area contributed by atoms with E-state index >= 15 is 0 Å². The molecule has 0 aliphatic carbocycles. The van der Waals surface area contributed by atoms with Crippen molar-refractivity contribution in [1.29, 1.82) is 0 Å². The topological polar surface area (TPSA) is 52.4 Å². The third kappa shape index (κ3) is 2.82. The van der Waals surface area contributed by atoms with E-state index < -0.39 is 4.92 Å². The summed E-state index contributed by atoms with van der Waals surface area (Å²) in [5.74, 6) is 0.128. The first kappa shape index (κ1) is 12.0. The Morgan fingerprint density at radius 3 is 2.39 bits per heavy atom. The SMILES string of the molecule is O=[N+]([O-])c1ccc(OCc2ccccc2F)cc1. The lowest BCUT2D eigenvalue weighted by atomic mass is 10.2. The monoisotopic (exact) mass is 247 g/mol. The fourth-order valence-corrected chi connectivity index (χ4v) is 1.44. The van der Waals surface area contributed by atoms with Crippen molar-refractivity contribution in [3.05, 3.63) is 70.0 Å². The van der Waals surface area contributed by atoms with Crippen molar-refractivity contribution >= 4 is 5.69 Å². The van der Waals surface area contributed by atoms with Gasteiger partial charge in [0.2, 0.25) is 0 Å². The summed E-state index contributed by atoms with van der Waals surface area (Å²) >= 11 is 0. The zero-order chi connectivity index (χ0) is 13.0. The number of hydrogen-bond donors (Lipinski definition) is 0. The molecular formula is C13H10FNO3. The molecule has 92 valence electrons. The van der Waals surface area contributed by atoms with E-state index in [2.05, 4.69) is 0 Å². The third-order valence-corrected chi connectivity index (χ3v) is 2.40. The summed E-state index contributed by atoms with van der Waals surface area (Å²) in [7, 11) is 0. The van der Waals surface area contributed by atoms with Gasteiger partial charge in [-0.15, -0.1) is 0 Å². The molecule has 0 atom stereocenters. The minimum absolute atomic E-state index is 0.00626. The largest absolute Gasteiger partial charge is 0.489 e. The minimum atomic E-state index is -0.485. The van der Waals surface area contributed by atoms with Crippen molar-refractivity contribution in [2.75, 3.05) is 0 Å². The Bertz CT molecular complexity index is 554. The molecule has 0 amide bonds. The van der Waals surface area contributed by atoms with E-state index in [-0.39, 0.29) is 18.1 Å². The van der Waals surface area contributed by atoms with Gasteiger partial charge in [0, 0.05) is 17.7 Å². The highest BCUT2D eigenvalue weighted by Gasteiger charge is 2.05. The van der Waals surface area contributed by atoms with Crippen LogP contribution in [0.3, 0.4) is 0 Å². The zero-order valence-corrected chi connectivity index (χ0v) is 9.38. The predicted octanol–water partition coefficient (Wildman–Crippen LogP) is 3.31. The number of non-ortho nitro benzene ring substituents is 1. The molecule has 0 bridgehead atoms. The molecule has 0 radical (unpaired) electrons. The first-order valence-electron chi connectivity index (χ1n) is 5.27. The molecule has 18 heavy (non-hydrogen) atoms. The lowest BCUT2D eigenvalue weighted by Gasteiger charge is -2.06. The van der Waals surface area contributed by atoms with Gasteiger partial charge in [0.15, 0.2) is 0 Å². The quantitative estimate of drug-likeness (QED) is 0.615. The second-order valence-electron chi connectivity index (χ2n) is 3.63. The summed E-state index contributed by atoms with van der Waals surface area (Å²) in [6.45, 7) is 0.0878. The molecule has 0 aromatic heterocycles. The van der Waals surface area contributed by atoms with E-state index in [1.165, 1.54) is 30.3 Å². The average molecular weight is 247 g/mol. The van der Waals surface area contributed by atoms with Crippen molar-refractivity contribution in [3.63, 3.8) is 0 Å². The normalized spacial score (nSPS) is 10.1. The van der Waals surface area contributed by atoms with Gasteiger partial charge in [0.1, 0.15) is 18.2 Å². The van der Waals surface area contributed by atoms with Crippen molar-refractivity contribution in [2.24, 2.45) is 0 Å². The molecule has 0 saturated carbocycles. The van der Waals surface area contributed by atoms with Crippen molar-refractivity contribution in [1.82, 2.24) is 0 Å². The Hall–Kier alpha value is -2.43. The number of hydrogen-bond acceptors (Lipinski definition) is 3. The zero-order valence-electron chi connectivity index (χ0n) is 9.38. The van der Waals surface area contributed by atoms with E-state index in [1.54, 1.807) is 18.2 Å². The standard InChI is InChI=1S/C13H10FNO3/c14-13-4-2-1-3-10(13)9-18-12-7-5-11(6-8-12)15(16)17/h1-8H,9H2.